The molecule has 0 aliphatic rings. The van der Waals surface area contributed by atoms with Gasteiger partial charge in [0.05, 0.1) is 5.75 Å². The predicted molar refractivity (Wildman–Crippen MR) is 148 cm³/mol. The Morgan fingerprint density at radius 2 is 1.88 bits per heavy atom. The van der Waals surface area contributed by atoms with E-state index < -0.39 is 0 Å². The molecule has 34 heavy (non-hydrogen) atoms. The fraction of sp³-hybridized carbons (Fsp3) is 0.346. The number of carbonyl (C=O) groups is 1. The van der Waals surface area contributed by atoms with E-state index in [0.717, 1.165) is 20.6 Å². The zero-order chi connectivity index (χ0) is 24.7. The molecule has 3 aromatic rings. The van der Waals surface area contributed by atoms with E-state index in [9.17, 15) is 4.79 Å². The van der Waals surface area contributed by atoms with Crippen LogP contribution in [0.25, 0.3) is 0 Å². The first-order valence-corrected chi connectivity index (χ1v) is 13.3. The number of aromatic nitrogens is 3. The van der Waals surface area contributed by atoms with Crippen LogP contribution in [0.1, 0.15) is 56.5 Å². The van der Waals surface area contributed by atoms with E-state index in [0.29, 0.717) is 29.4 Å². The number of thioether (sulfide) groups is 1. The number of halogens is 1. The van der Waals surface area contributed by atoms with E-state index >= 15 is 0 Å². The quantitative estimate of drug-likeness (QED) is 0.154. The normalized spacial score (nSPS) is 11.1. The number of benzene rings is 2. The highest BCUT2D eigenvalue weighted by atomic mass is 127. The summed E-state index contributed by atoms with van der Waals surface area (Å²) in [5, 5.41) is 12.3. The van der Waals surface area contributed by atoms with Crippen molar-refractivity contribution < 1.29 is 9.53 Å². The standard InChI is InChI=1S/C26H31IN4O2S/c1-6-13-31-24(15-33-21-10-7-19(8-11-21)17(2)3)29-30-26(31)34-16-25(32)28-23-12-9-20(27)14-22(23)18(4)5/h6-12,14,17-18H,1,13,15-16H2,2-5H3,(H,28,32). The summed E-state index contributed by atoms with van der Waals surface area (Å²) < 4.78 is 9.01. The molecular formula is C26H31IN4O2S. The molecule has 1 amide bonds. The minimum atomic E-state index is -0.0793. The molecule has 180 valence electrons. The Hall–Kier alpha value is -2.33. The zero-order valence-corrected chi connectivity index (χ0v) is 23.0. The minimum Gasteiger partial charge on any atom is -0.486 e. The first-order valence-electron chi connectivity index (χ1n) is 11.3. The summed E-state index contributed by atoms with van der Waals surface area (Å²) >= 11 is 3.64. The Labute approximate surface area is 219 Å². The molecule has 0 aliphatic carbocycles. The second-order valence-electron chi connectivity index (χ2n) is 8.53. The number of hydrogen-bond acceptors (Lipinski definition) is 5. The van der Waals surface area contributed by atoms with Gasteiger partial charge in [0.2, 0.25) is 5.91 Å². The fourth-order valence-electron chi connectivity index (χ4n) is 3.38. The van der Waals surface area contributed by atoms with Crippen LogP contribution in [0.5, 0.6) is 5.75 Å². The van der Waals surface area contributed by atoms with Crippen molar-refractivity contribution in [3.8, 4) is 5.75 Å². The summed E-state index contributed by atoms with van der Waals surface area (Å²) in [6, 6.07) is 14.2. The lowest BCUT2D eigenvalue weighted by Gasteiger charge is -2.14. The van der Waals surface area contributed by atoms with Crippen LogP contribution in [0.15, 0.2) is 60.3 Å². The van der Waals surface area contributed by atoms with Crippen molar-refractivity contribution in [3.05, 3.63) is 75.6 Å². The number of nitrogens with one attached hydrogen (secondary N) is 1. The van der Waals surface area contributed by atoms with Gasteiger partial charge in [0.15, 0.2) is 11.0 Å². The van der Waals surface area contributed by atoms with Crippen LogP contribution >= 0.6 is 34.4 Å². The molecule has 0 saturated carbocycles. The lowest BCUT2D eigenvalue weighted by atomic mass is 10.0. The van der Waals surface area contributed by atoms with E-state index in [1.807, 2.05) is 28.8 Å². The van der Waals surface area contributed by atoms with Crippen LogP contribution in [0.4, 0.5) is 5.69 Å². The molecule has 0 fully saturated rings. The predicted octanol–water partition coefficient (Wildman–Crippen LogP) is 6.63. The van der Waals surface area contributed by atoms with Gasteiger partial charge in [0, 0.05) is 15.8 Å². The van der Waals surface area contributed by atoms with Gasteiger partial charge in [-0.15, -0.1) is 16.8 Å². The van der Waals surface area contributed by atoms with E-state index in [1.165, 1.54) is 17.3 Å². The molecule has 0 spiro atoms. The third-order valence-corrected chi connectivity index (χ3v) is 6.90. The number of rotatable bonds is 11. The Morgan fingerprint density at radius 3 is 2.53 bits per heavy atom. The van der Waals surface area contributed by atoms with Crippen molar-refractivity contribution in [2.45, 2.75) is 57.8 Å². The van der Waals surface area contributed by atoms with Crippen LogP contribution in [-0.4, -0.2) is 26.4 Å². The lowest BCUT2D eigenvalue weighted by Crippen LogP contribution is -2.16. The van der Waals surface area contributed by atoms with Crippen molar-refractivity contribution >= 4 is 45.9 Å². The van der Waals surface area contributed by atoms with Gasteiger partial charge in [-0.05, 0) is 75.9 Å². The third kappa shape index (κ3) is 7.09. The number of carbonyl (C=O) groups excluding carboxylic acids is 1. The average Bonchev–Trinajstić information content (AvgIpc) is 3.19. The number of nitrogens with zero attached hydrogens (tertiary/aromatic N) is 3. The number of hydrogen-bond donors (Lipinski definition) is 1. The Bertz CT molecular complexity index is 1130. The Balaban J connectivity index is 1.63. The van der Waals surface area contributed by atoms with Crippen molar-refractivity contribution in [2.75, 3.05) is 11.1 Å². The second-order valence-corrected chi connectivity index (χ2v) is 10.7. The van der Waals surface area contributed by atoms with Crippen LogP contribution in [0, 0.1) is 3.57 Å². The second kappa shape index (κ2) is 12.4. The van der Waals surface area contributed by atoms with E-state index in [2.05, 4.69) is 90.6 Å². The summed E-state index contributed by atoms with van der Waals surface area (Å²) in [5.74, 6) is 2.42. The SMILES string of the molecule is C=CCn1c(COc2ccc(C(C)C)cc2)nnc1SCC(=O)Nc1ccc(I)cc1C(C)C. The topological polar surface area (TPSA) is 69.0 Å². The Morgan fingerprint density at radius 1 is 1.15 bits per heavy atom. The van der Waals surface area contributed by atoms with Crippen molar-refractivity contribution in [1.29, 1.82) is 0 Å². The molecule has 0 atom stereocenters. The third-order valence-electron chi connectivity index (χ3n) is 5.26. The highest BCUT2D eigenvalue weighted by Gasteiger charge is 2.16. The van der Waals surface area contributed by atoms with Crippen LogP contribution < -0.4 is 10.1 Å². The molecule has 3 rings (SSSR count). The summed E-state index contributed by atoms with van der Waals surface area (Å²) in [6.07, 6.45) is 1.79. The van der Waals surface area contributed by atoms with E-state index in [-0.39, 0.29) is 18.3 Å². The first-order chi connectivity index (χ1) is 16.3. The molecular weight excluding hydrogens is 559 g/mol. The Kier molecular flexibility index (Phi) is 9.58. The van der Waals surface area contributed by atoms with Crippen molar-refractivity contribution in [3.63, 3.8) is 0 Å². The smallest absolute Gasteiger partial charge is 0.234 e. The van der Waals surface area contributed by atoms with Crippen LogP contribution in [-0.2, 0) is 17.9 Å². The van der Waals surface area contributed by atoms with Gasteiger partial charge in [0.1, 0.15) is 12.4 Å². The molecule has 1 N–H and O–H groups in total. The van der Waals surface area contributed by atoms with Crippen molar-refractivity contribution in [2.24, 2.45) is 0 Å². The molecule has 8 heteroatoms. The van der Waals surface area contributed by atoms with Gasteiger partial charge in [-0.25, -0.2) is 0 Å². The van der Waals surface area contributed by atoms with E-state index in [1.54, 1.807) is 6.08 Å². The van der Waals surface area contributed by atoms with Crippen molar-refractivity contribution in [1.82, 2.24) is 14.8 Å². The number of anilines is 1. The molecule has 0 aliphatic heterocycles. The summed E-state index contributed by atoms with van der Waals surface area (Å²) in [6.45, 7) is 13.2. The van der Waals surface area contributed by atoms with Gasteiger partial charge in [-0.3, -0.25) is 9.36 Å². The average molecular weight is 591 g/mol. The largest absolute Gasteiger partial charge is 0.486 e. The maximum atomic E-state index is 12.7. The molecule has 0 saturated heterocycles. The van der Waals surface area contributed by atoms with Gasteiger partial charge < -0.3 is 10.1 Å². The van der Waals surface area contributed by atoms with Gasteiger partial charge >= 0.3 is 0 Å². The molecule has 0 radical (unpaired) electrons. The number of ether oxygens (including phenoxy) is 1. The van der Waals surface area contributed by atoms with Gasteiger partial charge in [0.25, 0.3) is 0 Å². The zero-order valence-electron chi connectivity index (χ0n) is 20.0. The van der Waals surface area contributed by atoms with Gasteiger partial charge in [-0.2, -0.15) is 0 Å². The number of amides is 1. The highest BCUT2D eigenvalue weighted by Crippen LogP contribution is 2.27. The minimum absolute atomic E-state index is 0.0793. The molecule has 6 nitrogen and oxygen atoms in total. The maximum absolute atomic E-state index is 12.7. The molecule has 0 bridgehead atoms. The molecule has 1 aromatic heterocycles. The van der Waals surface area contributed by atoms with Crippen LogP contribution in [0.3, 0.4) is 0 Å². The van der Waals surface area contributed by atoms with Crippen LogP contribution in [0.2, 0.25) is 0 Å². The summed E-state index contributed by atoms with van der Waals surface area (Å²) in [7, 11) is 0. The fourth-order valence-corrected chi connectivity index (χ4v) is 4.67. The van der Waals surface area contributed by atoms with Gasteiger partial charge in [-0.1, -0.05) is 57.7 Å². The number of allylic oxidation sites excluding steroid dienone is 1. The highest BCUT2D eigenvalue weighted by molar-refractivity contribution is 14.1. The first kappa shape index (κ1) is 26.3. The maximum Gasteiger partial charge on any atom is 0.234 e. The summed E-state index contributed by atoms with van der Waals surface area (Å²) in [5.41, 5.74) is 3.25. The molecule has 0 unspecified atom stereocenters. The summed E-state index contributed by atoms with van der Waals surface area (Å²) in [4.78, 5) is 12.7. The van der Waals surface area contributed by atoms with E-state index in [4.69, 9.17) is 4.74 Å². The monoisotopic (exact) mass is 590 g/mol. The molecule has 1 heterocycles. The lowest BCUT2D eigenvalue weighted by molar-refractivity contribution is -0.113. The molecule has 2 aromatic carbocycles.